The van der Waals surface area contributed by atoms with Crippen LogP contribution in [0.15, 0.2) is 0 Å². The second kappa shape index (κ2) is 5.71. The van der Waals surface area contributed by atoms with E-state index in [2.05, 4.69) is 16.7 Å². The van der Waals surface area contributed by atoms with Crippen molar-refractivity contribution in [3.63, 3.8) is 0 Å². The number of hydrogen-bond acceptors (Lipinski definition) is 3. The summed E-state index contributed by atoms with van der Waals surface area (Å²) < 4.78 is 0. The van der Waals surface area contributed by atoms with Gasteiger partial charge in [-0.1, -0.05) is 26.2 Å². The van der Waals surface area contributed by atoms with Crippen LogP contribution in [0.25, 0.3) is 0 Å². The lowest BCUT2D eigenvalue weighted by atomic mass is 9.74. The molecule has 0 aromatic heterocycles. The van der Waals surface area contributed by atoms with E-state index < -0.39 is 0 Å². The van der Waals surface area contributed by atoms with Gasteiger partial charge >= 0.3 is 0 Å². The average molecular weight is 265 g/mol. The zero-order valence-corrected chi connectivity index (χ0v) is 12.6. The Morgan fingerprint density at radius 3 is 2.79 bits per heavy atom. The highest BCUT2D eigenvalue weighted by molar-refractivity contribution is 4.99. The molecule has 0 amide bonds. The van der Waals surface area contributed by atoms with Crippen molar-refractivity contribution in [3.8, 4) is 0 Å². The third-order valence-corrected chi connectivity index (χ3v) is 5.96. The molecule has 2 N–H and O–H groups in total. The highest BCUT2D eigenvalue weighted by atomic mass is 15.3. The average Bonchev–Trinajstić information content (AvgIpc) is 2.46. The highest BCUT2D eigenvalue weighted by Gasteiger charge is 2.42. The van der Waals surface area contributed by atoms with Crippen LogP contribution in [0.3, 0.4) is 0 Å². The van der Waals surface area contributed by atoms with Crippen molar-refractivity contribution >= 4 is 0 Å². The number of piperidine rings is 1. The second-order valence-electron chi connectivity index (χ2n) is 7.26. The predicted octanol–water partition coefficient (Wildman–Crippen LogP) is 2.06. The quantitative estimate of drug-likeness (QED) is 0.829. The lowest BCUT2D eigenvalue weighted by Gasteiger charge is -2.54. The summed E-state index contributed by atoms with van der Waals surface area (Å²) >= 11 is 0. The number of fused-ring (bicyclic) bond motifs is 1. The smallest absolute Gasteiger partial charge is 0.0335 e. The summed E-state index contributed by atoms with van der Waals surface area (Å²) in [5, 5.41) is 0. The van der Waals surface area contributed by atoms with Gasteiger partial charge < -0.3 is 5.73 Å². The molecule has 2 aliphatic heterocycles. The van der Waals surface area contributed by atoms with Gasteiger partial charge in [-0.25, -0.2) is 0 Å². The lowest BCUT2D eigenvalue weighted by molar-refractivity contribution is -0.0337. The first-order valence-electron chi connectivity index (χ1n) is 8.43. The minimum Gasteiger partial charge on any atom is -0.329 e. The summed E-state index contributed by atoms with van der Waals surface area (Å²) in [6, 6.07) is 0.822. The van der Waals surface area contributed by atoms with Gasteiger partial charge in [0.05, 0.1) is 0 Å². The molecule has 0 radical (unpaired) electrons. The molecule has 3 fully saturated rings. The first kappa shape index (κ1) is 13.8. The number of nitrogens with zero attached hydrogens (tertiary/aromatic N) is 2. The molecule has 2 heterocycles. The summed E-state index contributed by atoms with van der Waals surface area (Å²) in [4.78, 5) is 5.52. The first-order valence-corrected chi connectivity index (χ1v) is 8.43. The van der Waals surface area contributed by atoms with Crippen LogP contribution >= 0.6 is 0 Å². The van der Waals surface area contributed by atoms with Gasteiger partial charge in [0.2, 0.25) is 0 Å². The van der Waals surface area contributed by atoms with Gasteiger partial charge in [-0.05, 0) is 38.1 Å². The molecular weight excluding hydrogens is 234 g/mol. The van der Waals surface area contributed by atoms with Crippen LogP contribution in [0.1, 0.15) is 51.9 Å². The van der Waals surface area contributed by atoms with Gasteiger partial charge in [-0.2, -0.15) is 0 Å². The van der Waals surface area contributed by atoms with E-state index in [4.69, 9.17) is 5.73 Å². The Morgan fingerprint density at radius 2 is 2.00 bits per heavy atom. The normalized spacial score (nSPS) is 42.0. The van der Waals surface area contributed by atoms with Crippen LogP contribution in [-0.2, 0) is 0 Å². The molecule has 3 unspecified atom stereocenters. The first-order chi connectivity index (χ1) is 9.23. The second-order valence-corrected chi connectivity index (χ2v) is 7.26. The Bertz CT molecular complexity index is 306. The summed E-state index contributed by atoms with van der Waals surface area (Å²) in [6.45, 7) is 8.43. The Labute approximate surface area is 118 Å². The van der Waals surface area contributed by atoms with Crippen molar-refractivity contribution in [1.29, 1.82) is 0 Å². The number of piperazine rings is 1. The molecule has 3 heteroatoms. The summed E-state index contributed by atoms with van der Waals surface area (Å²) in [6.07, 6.45) is 9.70. The van der Waals surface area contributed by atoms with Crippen LogP contribution in [-0.4, -0.2) is 54.1 Å². The predicted molar refractivity (Wildman–Crippen MR) is 80.2 cm³/mol. The fraction of sp³-hybridized carbons (Fsp3) is 1.00. The third-order valence-electron chi connectivity index (χ3n) is 5.96. The monoisotopic (exact) mass is 265 g/mol. The maximum absolute atomic E-state index is 6.24. The molecular formula is C16H31N3. The van der Waals surface area contributed by atoms with Gasteiger partial charge in [0, 0.05) is 37.8 Å². The van der Waals surface area contributed by atoms with Crippen LogP contribution in [0, 0.1) is 5.92 Å². The molecule has 0 aromatic carbocycles. The summed E-state index contributed by atoms with van der Waals surface area (Å²) in [5.74, 6) is 0.863. The van der Waals surface area contributed by atoms with E-state index >= 15 is 0 Å². The molecule has 3 aliphatic rings. The fourth-order valence-corrected chi connectivity index (χ4v) is 4.82. The van der Waals surface area contributed by atoms with Crippen molar-refractivity contribution in [2.45, 2.75) is 63.5 Å². The standard InChI is InChI=1S/C16H31N3/c1-14-5-4-7-16(11-14,13-17)19-10-9-18-8-3-2-6-15(18)12-19/h14-15H,2-13,17H2,1H3. The van der Waals surface area contributed by atoms with Gasteiger partial charge in [-0.15, -0.1) is 0 Å². The minimum absolute atomic E-state index is 0.335. The van der Waals surface area contributed by atoms with E-state index in [1.54, 1.807) is 0 Å². The van der Waals surface area contributed by atoms with Crippen LogP contribution < -0.4 is 5.73 Å². The van der Waals surface area contributed by atoms with Crippen molar-refractivity contribution in [2.24, 2.45) is 11.7 Å². The number of hydrogen-bond donors (Lipinski definition) is 1. The molecule has 2 saturated heterocycles. The SMILES string of the molecule is CC1CCCC(CN)(N2CCN3CCCCC3C2)C1. The van der Waals surface area contributed by atoms with E-state index in [1.165, 1.54) is 71.1 Å². The van der Waals surface area contributed by atoms with Crippen molar-refractivity contribution < 1.29 is 0 Å². The molecule has 3 nitrogen and oxygen atoms in total. The Morgan fingerprint density at radius 1 is 1.11 bits per heavy atom. The lowest BCUT2D eigenvalue weighted by Crippen LogP contribution is -2.64. The van der Waals surface area contributed by atoms with Crippen LogP contribution in [0.4, 0.5) is 0 Å². The molecule has 0 bridgehead atoms. The fourth-order valence-electron chi connectivity index (χ4n) is 4.82. The van der Waals surface area contributed by atoms with Gasteiger partial charge in [0.15, 0.2) is 0 Å². The Kier molecular flexibility index (Phi) is 4.16. The maximum Gasteiger partial charge on any atom is 0.0335 e. The third kappa shape index (κ3) is 2.70. The maximum atomic E-state index is 6.24. The summed E-state index contributed by atoms with van der Waals surface area (Å²) in [7, 11) is 0. The molecule has 19 heavy (non-hydrogen) atoms. The molecule has 1 aliphatic carbocycles. The topological polar surface area (TPSA) is 32.5 Å². The van der Waals surface area contributed by atoms with E-state index in [1.807, 2.05) is 0 Å². The van der Waals surface area contributed by atoms with Gasteiger partial charge in [0.25, 0.3) is 0 Å². The highest BCUT2D eigenvalue weighted by Crippen LogP contribution is 2.38. The summed E-state index contributed by atoms with van der Waals surface area (Å²) in [5.41, 5.74) is 6.58. The zero-order chi connectivity index (χ0) is 13.3. The number of rotatable bonds is 2. The van der Waals surface area contributed by atoms with Crippen LogP contribution in [0.2, 0.25) is 0 Å². The molecule has 3 atom stereocenters. The largest absolute Gasteiger partial charge is 0.329 e. The van der Waals surface area contributed by atoms with E-state index in [0.29, 0.717) is 5.54 Å². The van der Waals surface area contributed by atoms with E-state index in [-0.39, 0.29) is 0 Å². The molecule has 0 aromatic rings. The van der Waals surface area contributed by atoms with Crippen molar-refractivity contribution in [2.75, 3.05) is 32.7 Å². The van der Waals surface area contributed by atoms with Gasteiger partial charge in [-0.3, -0.25) is 9.80 Å². The Hall–Kier alpha value is -0.120. The molecule has 3 rings (SSSR count). The minimum atomic E-state index is 0.335. The zero-order valence-electron chi connectivity index (χ0n) is 12.6. The van der Waals surface area contributed by atoms with Crippen molar-refractivity contribution in [3.05, 3.63) is 0 Å². The van der Waals surface area contributed by atoms with E-state index in [9.17, 15) is 0 Å². The molecule has 1 saturated carbocycles. The molecule has 110 valence electrons. The van der Waals surface area contributed by atoms with Crippen molar-refractivity contribution in [1.82, 2.24) is 9.80 Å². The number of nitrogens with two attached hydrogens (primary N) is 1. The van der Waals surface area contributed by atoms with Gasteiger partial charge in [0.1, 0.15) is 0 Å². The van der Waals surface area contributed by atoms with E-state index in [0.717, 1.165) is 18.5 Å². The molecule has 0 spiro atoms. The Balaban J connectivity index is 1.69. The van der Waals surface area contributed by atoms with Crippen LogP contribution in [0.5, 0.6) is 0 Å².